The number of phosphoric ester groups is 1. The summed E-state index contributed by atoms with van der Waals surface area (Å²) in [4.78, 5) is 17.3. The molecule has 0 saturated heterocycles. The molecule has 98 valence electrons. The molecule has 2 aromatic rings. The molecule has 0 heterocycles. The zero-order valence-electron chi connectivity index (χ0n) is 9.75. The Morgan fingerprint density at radius 1 is 0.842 bits per heavy atom. The maximum Gasteiger partial charge on any atom is 0.524 e. The van der Waals surface area contributed by atoms with Crippen LogP contribution in [0.25, 0.3) is 0 Å². The van der Waals surface area contributed by atoms with Gasteiger partial charge < -0.3 is 4.52 Å². The third kappa shape index (κ3) is 4.63. The first kappa shape index (κ1) is 13.4. The average Bonchev–Trinajstić information content (AvgIpc) is 2.37. The van der Waals surface area contributed by atoms with Crippen LogP contribution >= 0.6 is 7.82 Å². The second-order valence-electron chi connectivity index (χ2n) is 3.61. The zero-order valence-corrected chi connectivity index (χ0v) is 10.6. The van der Waals surface area contributed by atoms with Gasteiger partial charge in [0.15, 0.2) is 0 Å². The van der Waals surface area contributed by atoms with Gasteiger partial charge in [0.2, 0.25) is 0 Å². The molecule has 2 aromatic carbocycles. The fourth-order valence-corrected chi connectivity index (χ4v) is 1.72. The second kappa shape index (κ2) is 5.75. The van der Waals surface area contributed by atoms with E-state index in [9.17, 15) is 4.57 Å². The van der Waals surface area contributed by atoms with Crippen LogP contribution in [0.2, 0.25) is 0 Å². The fourth-order valence-electron chi connectivity index (χ4n) is 1.32. The van der Waals surface area contributed by atoms with Crippen LogP contribution in [0, 0.1) is 0 Å². The Hall–Kier alpha value is -2.01. The van der Waals surface area contributed by atoms with E-state index in [1.165, 1.54) is 12.1 Å². The summed E-state index contributed by atoms with van der Waals surface area (Å²) in [6, 6.07) is 15.2. The molecule has 0 saturated carbocycles. The van der Waals surface area contributed by atoms with E-state index in [1.54, 1.807) is 12.1 Å². The lowest BCUT2D eigenvalue weighted by Gasteiger charge is -2.05. The van der Waals surface area contributed by atoms with Crippen molar-refractivity contribution in [1.29, 1.82) is 0 Å². The molecule has 0 aliphatic rings. The molecule has 0 radical (unpaired) electrons. The minimum absolute atomic E-state index is 0.0759. The van der Waals surface area contributed by atoms with Gasteiger partial charge in [-0.15, -0.1) is 0 Å². The zero-order chi connectivity index (χ0) is 13.7. The number of hydrogen-bond donors (Lipinski definition) is 2. The van der Waals surface area contributed by atoms with E-state index in [-0.39, 0.29) is 5.75 Å². The van der Waals surface area contributed by atoms with Crippen molar-refractivity contribution in [2.24, 2.45) is 10.2 Å². The SMILES string of the molecule is O=P(O)(O)Oc1ccc(N=Nc2ccccc2)cc1. The van der Waals surface area contributed by atoms with Gasteiger partial charge in [0.05, 0.1) is 11.4 Å². The predicted octanol–water partition coefficient (Wildman–Crippen LogP) is 3.57. The van der Waals surface area contributed by atoms with Crippen molar-refractivity contribution in [3.05, 3.63) is 54.6 Å². The van der Waals surface area contributed by atoms with Crippen LogP contribution in [0.4, 0.5) is 11.4 Å². The van der Waals surface area contributed by atoms with Crippen molar-refractivity contribution in [3.8, 4) is 5.75 Å². The van der Waals surface area contributed by atoms with Gasteiger partial charge in [0, 0.05) is 0 Å². The first-order valence-electron chi connectivity index (χ1n) is 5.35. The number of benzene rings is 2. The molecule has 2 N–H and O–H groups in total. The number of nitrogens with zero attached hydrogens (tertiary/aromatic N) is 2. The van der Waals surface area contributed by atoms with Gasteiger partial charge in [-0.2, -0.15) is 10.2 Å². The van der Waals surface area contributed by atoms with E-state index in [0.717, 1.165) is 5.69 Å². The van der Waals surface area contributed by atoms with Crippen LogP contribution in [0.1, 0.15) is 0 Å². The summed E-state index contributed by atoms with van der Waals surface area (Å²) in [6.45, 7) is 0. The topological polar surface area (TPSA) is 91.5 Å². The van der Waals surface area contributed by atoms with Gasteiger partial charge in [-0.05, 0) is 36.4 Å². The van der Waals surface area contributed by atoms with Crippen LogP contribution in [-0.2, 0) is 4.57 Å². The predicted molar refractivity (Wildman–Crippen MR) is 69.7 cm³/mol. The lowest BCUT2D eigenvalue weighted by Crippen LogP contribution is -1.88. The maximum absolute atomic E-state index is 10.6. The summed E-state index contributed by atoms with van der Waals surface area (Å²) in [5.41, 5.74) is 1.28. The van der Waals surface area contributed by atoms with Crippen molar-refractivity contribution in [2.75, 3.05) is 0 Å². The van der Waals surface area contributed by atoms with Crippen LogP contribution in [0.3, 0.4) is 0 Å². The quantitative estimate of drug-likeness (QED) is 0.660. The largest absolute Gasteiger partial charge is 0.524 e. The third-order valence-corrected chi connectivity index (χ3v) is 2.55. The Morgan fingerprint density at radius 2 is 1.37 bits per heavy atom. The summed E-state index contributed by atoms with van der Waals surface area (Å²) in [6.07, 6.45) is 0. The molecule has 19 heavy (non-hydrogen) atoms. The molecule has 0 aliphatic heterocycles. The fraction of sp³-hybridized carbons (Fsp3) is 0. The first-order chi connectivity index (χ1) is 9.03. The van der Waals surface area contributed by atoms with E-state index in [2.05, 4.69) is 14.8 Å². The average molecular weight is 278 g/mol. The van der Waals surface area contributed by atoms with Crippen LogP contribution < -0.4 is 4.52 Å². The van der Waals surface area contributed by atoms with E-state index >= 15 is 0 Å². The summed E-state index contributed by atoms with van der Waals surface area (Å²) in [7, 11) is -4.52. The minimum atomic E-state index is -4.52. The molecule has 0 aliphatic carbocycles. The summed E-state index contributed by atoms with van der Waals surface area (Å²) in [5, 5.41) is 8.00. The Kier molecular flexibility index (Phi) is 4.06. The van der Waals surface area contributed by atoms with E-state index in [1.807, 2.05) is 30.3 Å². The smallest absolute Gasteiger partial charge is 0.404 e. The number of azo groups is 1. The van der Waals surface area contributed by atoms with Crippen LogP contribution in [-0.4, -0.2) is 9.79 Å². The van der Waals surface area contributed by atoms with Crippen LogP contribution in [0.5, 0.6) is 5.75 Å². The maximum atomic E-state index is 10.6. The lowest BCUT2D eigenvalue weighted by atomic mass is 10.3. The number of rotatable bonds is 4. The number of phosphoric acid groups is 1. The van der Waals surface area contributed by atoms with Crippen molar-refractivity contribution in [1.82, 2.24) is 0 Å². The molecule has 0 amide bonds. The molecule has 0 fully saturated rings. The molecule has 0 bridgehead atoms. The molecule has 0 aromatic heterocycles. The van der Waals surface area contributed by atoms with E-state index in [0.29, 0.717) is 5.69 Å². The van der Waals surface area contributed by atoms with Gasteiger partial charge in [-0.3, -0.25) is 9.79 Å². The Morgan fingerprint density at radius 3 is 1.89 bits per heavy atom. The first-order valence-corrected chi connectivity index (χ1v) is 6.88. The molecular formula is C12H11N2O4P. The minimum Gasteiger partial charge on any atom is -0.404 e. The normalized spacial score (nSPS) is 11.7. The molecule has 0 spiro atoms. The Balaban J connectivity index is 2.07. The van der Waals surface area contributed by atoms with Crippen molar-refractivity contribution < 1.29 is 18.9 Å². The van der Waals surface area contributed by atoms with Crippen molar-refractivity contribution in [2.45, 2.75) is 0 Å². The van der Waals surface area contributed by atoms with E-state index < -0.39 is 7.82 Å². The summed E-state index contributed by atoms with van der Waals surface area (Å²) in [5.74, 6) is 0.0759. The monoisotopic (exact) mass is 278 g/mol. The Labute approximate surface area is 109 Å². The number of hydrogen-bond acceptors (Lipinski definition) is 4. The molecule has 0 unspecified atom stereocenters. The second-order valence-corrected chi connectivity index (χ2v) is 4.78. The standard InChI is InChI=1S/C12H11N2O4P/c15-19(16,17)18-12-8-6-11(7-9-12)14-13-10-4-2-1-3-5-10/h1-9H,(H2,15,16,17). The molecule has 2 rings (SSSR count). The van der Waals surface area contributed by atoms with Crippen molar-refractivity contribution >= 4 is 19.2 Å². The van der Waals surface area contributed by atoms with E-state index in [4.69, 9.17) is 9.79 Å². The van der Waals surface area contributed by atoms with Gasteiger partial charge in [0.25, 0.3) is 0 Å². The van der Waals surface area contributed by atoms with Gasteiger partial charge >= 0.3 is 7.82 Å². The van der Waals surface area contributed by atoms with Gasteiger partial charge in [-0.1, -0.05) is 18.2 Å². The molecule has 0 atom stereocenters. The highest BCUT2D eigenvalue weighted by molar-refractivity contribution is 7.46. The van der Waals surface area contributed by atoms with Crippen molar-refractivity contribution in [3.63, 3.8) is 0 Å². The third-order valence-electron chi connectivity index (χ3n) is 2.10. The Bertz CT molecular complexity index is 607. The molecule has 7 heteroatoms. The van der Waals surface area contributed by atoms with Crippen LogP contribution in [0.15, 0.2) is 64.8 Å². The van der Waals surface area contributed by atoms with Gasteiger partial charge in [0.1, 0.15) is 5.75 Å². The lowest BCUT2D eigenvalue weighted by molar-refractivity contribution is 0.283. The highest BCUT2D eigenvalue weighted by Crippen LogP contribution is 2.37. The highest BCUT2D eigenvalue weighted by Gasteiger charge is 2.15. The summed E-state index contributed by atoms with van der Waals surface area (Å²) < 4.78 is 15.0. The molecular weight excluding hydrogens is 267 g/mol. The highest BCUT2D eigenvalue weighted by atomic mass is 31.2. The van der Waals surface area contributed by atoms with Gasteiger partial charge in [-0.25, -0.2) is 4.57 Å². The summed E-state index contributed by atoms with van der Waals surface area (Å²) >= 11 is 0. The molecule has 6 nitrogen and oxygen atoms in total.